The minimum atomic E-state index is -1.03. The van der Waals surface area contributed by atoms with Gasteiger partial charge in [-0.1, -0.05) is 19.8 Å². The van der Waals surface area contributed by atoms with Crippen LogP contribution in [0.15, 0.2) is 24.3 Å². The van der Waals surface area contributed by atoms with Gasteiger partial charge in [0, 0.05) is 25.4 Å². The Labute approximate surface area is 219 Å². The highest BCUT2D eigenvalue weighted by Crippen LogP contribution is 2.63. The second-order valence-electron chi connectivity index (χ2n) is 10.6. The summed E-state index contributed by atoms with van der Waals surface area (Å²) in [6.07, 6.45) is 5.19. The molecule has 3 saturated heterocycles. The largest absolute Gasteiger partial charge is 0.494 e. The van der Waals surface area contributed by atoms with E-state index in [2.05, 4.69) is 17.6 Å². The monoisotopic (exact) mass is 515 g/mol. The quantitative estimate of drug-likeness (QED) is 0.348. The lowest BCUT2D eigenvalue weighted by molar-refractivity contribution is -0.145. The molecule has 1 aromatic carbocycles. The van der Waals surface area contributed by atoms with Crippen molar-refractivity contribution < 1.29 is 29.0 Å². The van der Waals surface area contributed by atoms with Gasteiger partial charge in [0.1, 0.15) is 17.4 Å². The molecule has 204 valence electrons. The first-order valence-corrected chi connectivity index (χ1v) is 13.7. The number of ether oxygens (including phenoxy) is 2. The number of carbonyl (C=O) groups excluding carboxylic acids is 3. The molecular formula is C28H41N3O6. The molecule has 37 heavy (non-hydrogen) atoms. The Morgan fingerprint density at radius 2 is 1.86 bits per heavy atom. The fourth-order valence-corrected chi connectivity index (χ4v) is 6.47. The minimum Gasteiger partial charge on any atom is -0.494 e. The maximum atomic E-state index is 13.9. The molecule has 1 aromatic rings. The number of nitrogens with zero attached hydrogens (tertiary/aromatic N) is 1. The summed E-state index contributed by atoms with van der Waals surface area (Å²) in [7, 11) is 0. The van der Waals surface area contributed by atoms with E-state index in [0.717, 1.165) is 19.3 Å². The number of aliphatic hydroxyl groups is 1. The van der Waals surface area contributed by atoms with Gasteiger partial charge in [-0.2, -0.15) is 0 Å². The van der Waals surface area contributed by atoms with Crippen LogP contribution in [-0.4, -0.2) is 71.3 Å². The summed E-state index contributed by atoms with van der Waals surface area (Å²) in [5.74, 6) is -1.42. The molecule has 0 radical (unpaired) electrons. The van der Waals surface area contributed by atoms with E-state index in [1.807, 2.05) is 13.8 Å². The number of benzene rings is 1. The first-order valence-electron chi connectivity index (χ1n) is 13.7. The van der Waals surface area contributed by atoms with Crippen LogP contribution < -0.4 is 15.4 Å². The maximum absolute atomic E-state index is 13.9. The number of anilines is 1. The van der Waals surface area contributed by atoms with E-state index in [1.54, 1.807) is 29.2 Å². The average molecular weight is 516 g/mol. The van der Waals surface area contributed by atoms with E-state index >= 15 is 0 Å². The van der Waals surface area contributed by atoms with Crippen molar-refractivity contribution in [2.24, 2.45) is 11.8 Å². The lowest BCUT2D eigenvalue weighted by Gasteiger charge is -2.33. The molecule has 2 bridgehead atoms. The number of rotatable bonds is 13. The molecule has 3 N–H and O–H groups in total. The molecule has 3 aliphatic heterocycles. The van der Waals surface area contributed by atoms with Crippen molar-refractivity contribution in [1.29, 1.82) is 0 Å². The van der Waals surface area contributed by atoms with Crippen LogP contribution in [0.2, 0.25) is 0 Å². The number of likely N-dealkylation sites (tertiary alicyclic amines) is 1. The first-order chi connectivity index (χ1) is 17.8. The van der Waals surface area contributed by atoms with Crippen molar-refractivity contribution in [3.63, 3.8) is 0 Å². The zero-order valence-electron chi connectivity index (χ0n) is 22.3. The van der Waals surface area contributed by atoms with Gasteiger partial charge >= 0.3 is 0 Å². The van der Waals surface area contributed by atoms with Gasteiger partial charge in [-0.15, -0.1) is 0 Å². The minimum absolute atomic E-state index is 0.0200. The van der Waals surface area contributed by atoms with Crippen molar-refractivity contribution in [1.82, 2.24) is 10.2 Å². The first kappa shape index (κ1) is 27.4. The summed E-state index contributed by atoms with van der Waals surface area (Å²) in [5, 5.41) is 15.3. The summed E-state index contributed by atoms with van der Waals surface area (Å²) in [6, 6.07) is 6.36. The highest BCUT2D eigenvalue weighted by atomic mass is 16.5. The second kappa shape index (κ2) is 11.4. The zero-order chi connectivity index (χ0) is 26.6. The van der Waals surface area contributed by atoms with Gasteiger partial charge in [0.05, 0.1) is 24.0 Å². The Bertz CT molecular complexity index is 985. The molecule has 0 aromatic heterocycles. The predicted octanol–water partition coefficient (Wildman–Crippen LogP) is 2.87. The standard InChI is InChI=1S/C28H41N3O6/c1-4-6-7-16-29-25(34)23-28-15-14-27(3,37-28)21(22(28)26(35)31(23)17-8-9-18-32)24(33)30-19-10-12-20(13-11-19)36-5-2/h10-13,21-23,32H,4-9,14-18H2,1-3H3,(H,29,34)(H,30,33)/t21-,22+,23?,27+,28?/m1/s1. The Kier molecular flexibility index (Phi) is 8.43. The third-order valence-corrected chi connectivity index (χ3v) is 8.13. The van der Waals surface area contributed by atoms with Crippen LogP contribution in [0.25, 0.3) is 0 Å². The molecule has 9 heteroatoms. The molecule has 4 rings (SSSR count). The fraction of sp³-hybridized carbons (Fsp3) is 0.679. The van der Waals surface area contributed by atoms with Gasteiger partial charge in [0.15, 0.2) is 0 Å². The third-order valence-electron chi connectivity index (χ3n) is 8.13. The zero-order valence-corrected chi connectivity index (χ0v) is 22.3. The smallest absolute Gasteiger partial charge is 0.245 e. The van der Waals surface area contributed by atoms with Gasteiger partial charge in [-0.25, -0.2) is 0 Å². The third kappa shape index (κ3) is 5.08. The molecule has 3 fully saturated rings. The molecule has 5 atom stereocenters. The molecule has 3 heterocycles. The number of hydrogen-bond acceptors (Lipinski definition) is 6. The average Bonchev–Trinajstić information content (AvgIpc) is 3.44. The van der Waals surface area contributed by atoms with E-state index in [9.17, 15) is 19.5 Å². The molecule has 3 aliphatic rings. The molecule has 1 spiro atoms. The fourth-order valence-electron chi connectivity index (χ4n) is 6.47. The number of nitrogens with one attached hydrogen (secondary N) is 2. The Hall–Kier alpha value is -2.65. The van der Waals surface area contributed by atoms with E-state index in [0.29, 0.717) is 56.8 Å². The summed E-state index contributed by atoms with van der Waals surface area (Å²) < 4.78 is 12.1. The Morgan fingerprint density at radius 3 is 2.54 bits per heavy atom. The van der Waals surface area contributed by atoms with Gasteiger partial charge in [0.25, 0.3) is 0 Å². The molecule has 2 unspecified atom stereocenters. The number of carbonyl (C=O) groups is 3. The van der Waals surface area contributed by atoms with Crippen LogP contribution >= 0.6 is 0 Å². The van der Waals surface area contributed by atoms with Gasteiger partial charge in [-0.05, 0) is 70.2 Å². The number of aliphatic hydroxyl groups excluding tert-OH is 1. The molecule has 0 saturated carbocycles. The van der Waals surface area contributed by atoms with Crippen LogP contribution in [0.4, 0.5) is 5.69 Å². The number of fused-ring (bicyclic) bond motifs is 1. The van der Waals surface area contributed by atoms with E-state index in [4.69, 9.17) is 9.47 Å². The highest BCUT2D eigenvalue weighted by molar-refractivity contribution is 6.02. The number of amides is 3. The molecular weight excluding hydrogens is 474 g/mol. The molecule has 0 aliphatic carbocycles. The lowest BCUT2D eigenvalue weighted by Crippen LogP contribution is -2.55. The second-order valence-corrected chi connectivity index (χ2v) is 10.6. The van der Waals surface area contributed by atoms with Crippen molar-refractivity contribution in [2.45, 2.75) is 83.0 Å². The Balaban J connectivity index is 1.59. The molecule has 9 nitrogen and oxygen atoms in total. The van der Waals surface area contributed by atoms with Crippen molar-refractivity contribution in [2.75, 3.05) is 31.6 Å². The molecule has 3 amide bonds. The van der Waals surface area contributed by atoms with E-state index in [1.165, 1.54) is 0 Å². The maximum Gasteiger partial charge on any atom is 0.245 e. The SMILES string of the molecule is CCCCCNC(=O)C1N(CCCCO)C(=O)[C@@H]2[C@H](C(=O)Nc3ccc(OCC)cc3)[C@]3(C)CCC12O3. The van der Waals surface area contributed by atoms with Crippen molar-refractivity contribution in [3.8, 4) is 5.75 Å². The lowest BCUT2D eigenvalue weighted by atomic mass is 9.66. The van der Waals surface area contributed by atoms with Gasteiger partial charge in [0.2, 0.25) is 17.7 Å². The van der Waals surface area contributed by atoms with E-state index < -0.39 is 29.1 Å². The predicted molar refractivity (Wildman–Crippen MR) is 139 cm³/mol. The highest BCUT2D eigenvalue weighted by Gasteiger charge is 2.77. The summed E-state index contributed by atoms with van der Waals surface area (Å²) in [5.41, 5.74) is -1.24. The van der Waals surface area contributed by atoms with Crippen LogP contribution in [0.1, 0.15) is 65.7 Å². The summed E-state index contributed by atoms with van der Waals surface area (Å²) in [6.45, 7) is 7.37. The van der Waals surface area contributed by atoms with Crippen LogP contribution in [0.3, 0.4) is 0 Å². The van der Waals surface area contributed by atoms with Crippen LogP contribution in [-0.2, 0) is 19.1 Å². The van der Waals surface area contributed by atoms with Crippen LogP contribution in [0.5, 0.6) is 5.75 Å². The number of unbranched alkanes of at least 4 members (excludes halogenated alkanes) is 3. The Morgan fingerprint density at radius 1 is 1.11 bits per heavy atom. The van der Waals surface area contributed by atoms with E-state index in [-0.39, 0.29) is 24.3 Å². The summed E-state index contributed by atoms with van der Waals surface area (Å²) in [4.78, 5) is 42.7. The summed E-state index contributed by atoms with van der Waals surface area (Å²) >= 11 is 0. The normalized spacial score (nSPS) is 29.9. The van der Waals surface area contributed by atoms with Crippen molar-refractivity contribution in [3.05, 3.63) is 24.3 Å². The topological polar surface area (TPSA) is 117 Å². The van der Waals surface area contributed by atoms with Crippen LogP contribution in [0, 0.1) is 11.8 Å². The number of hydrogen-bond donors (Lipinski definition) is 3. The van der Waals surface area contributed by atoms with Crippen molar-refractivity contribution >= 4 is 23.4 Å². The van der Waals surface area contributed by atoms with Gasteiger partial charge in [-0.3, -0.25) is 14.4 Å². The van der Waals surface area contributed by atoms with Gasteiger partial charge < -0.3 is 30.1 Å².